The van der Waals surface area contributed by atoms with Gasteiger partial charge in [-0.25, -0.2) is 4.98 Å². The highest BCUT2D eigenvalue weighted by Gasteiger charge is 2.64. The van der Waals surface area contributed by atoms with E-state index in [1.807, 2.05) is 36.3 Å². The highest BCUT2D eigenvalue weighted by atomic mass is 79.9. The van der Waals surface area contributed by atoms with Crippen molar-refractivity contribution in [3.63, 3.8) is 0 Å². The van der Waals surface area contributed by atoms with Crippen molar-refractivity contribution in [3.8, 4) is 5.75 Å². The van der Waals surface area contributed by atoms with Crippen LogP contribution in [0.5, 0.6) is 5.75 Å². The van der Waals surface area contributed by atoms with Crippen LogP contribution in [0, 0.1) is 0 Å². The molecule has 2 aromatic rings. The standard InChI is InChI=1S/C14H13BrN2O.B70/c1-17-8-12(16-9-17)6-10-4-5-18-14-3-2-11(15)7-13(10)14;1-37(2)55(38(3)4)64(56(39(5)6)40(7)8)68(63(53(33)34)54(35)36)70(67(61(49(25)26)50(27)28)62(51(29)30)52(31)32)69(65(57(41(9)10)42(11)12)58(43(13)14)44(15)16)66(59(45(17)18)46(19)20)60(47(21)22)48(23)24/h2-3,6-9H,4-5H2,1H3;/b10-6+;. The third kappa shape index (κ3) is 23.6. The maximum absolute atomic E-state index is 6.84. The third-order valence-electron chi connectivity index (χ3n) is 17.6. The third-order valence-corrected chi connectivity index (χ3v) is 18.1. The van der Waals surface area contributed by atoms with E-state index in [-0.39, 0.29) is 0 Å². The van der Waals surface area contributed by atoms with Crippen LogP contribution in [0.2, 0.25) is 0 Å². The zero-order valence-corrected chi connectivity index (χ0v) is 52.1. The van der Waals surface area contributed by atoms with Gasteiger partial charge < -0.3 is 9.30 Å². The first-order valence-corrected chi connectivity index (χ1v) is 29.6. The largest absolute Gasteiger partial charge is 0.493 e. The monoisotopic (exact) mass is 1070 g/mol. The van der Waals surface area contributed by atoms with Gasteiger partial charge >= 0.3 is 0 Å². The molecule has 3 rings (SSSR count). The fourth-order valence-electron chi connectivity index (χ4n) is 14.4. The van der Waals surface area contributed by atoms with Gasteiger partial charge in [0.15, 0.2) is 0 Å². The lowest BCUT2D eigenvalue weighted by molar-refractivity contribution is 0.316. The summed E-state index contributed by atoms with van der Waals surface area (Å²) in [5.74, 6) is 0.951. The zero-order valence-electron chi connectivity index (χ0n) is 50.5. The second-order valence-electron chi connectivity index (χ2n) is 24.0. The molecule has 74 heteroatoms. The summed E-state index contributed by atoms with van der Waals surface area (Å²) in [6, 6.07) is 6.11. The maximum atomic E-state index is 6.84. The molecule has 0 bridgehead atoms. The molecule has 0 saturated heterocycles. The topological polar surface area (TPSA) is 27.1 Å². The fraction of sp³-hybridized carbons (Fsp3) is 0.214. The first-order chi connectivity index (χ1) is 40.5. The molecule has 1 aromatic carbocycles. The maximum Gasteiger partial charge on any atom is 0.126 e. The average molecular weight is 1060 g/mol. The number of hydrogen-bond acceptors (Lipinski definition) is 2. The quantitative estimate of drug-likeness (QED) is 0.0653. The summed E-state index contributed by atoms with van der Waals surface area (Å²) in [6.45, 7) is 0.729. The number of hydrogen-bond donors (Lipinski definition) is 0. The Bertz CT molecular complexity index is 2100. The van der Waals surface area contributed by atoms with Crippen molar-refractivity contribution in [1.29, 1.82) is 0 Å². The zero-order chi connectivity index (χ0) is 68.2. The number of ether oxygens (including phenoxy) is 1. The van der Waals surface area contributed by atoms with E-state index in [0.29, 0.717) is 0 Å². The van der Waals surface area contributed by atoms with Gasteiger partial charge in [-0.15, -0.1) is 0 Å². The van der Waals surface area contributed by atoms with Gasteiger partial charge in [-0.2, -0.15) is 0 Å². The van der Waals surface area contributed by atoms with Crippen LogP contribution in [0.1, 0.15) is 17.7 Å². The van der Waals surface area contributed by atoms with Crippen LogP contribution in [0.15, 0.2) is 35.2 Å². The molecular formula is C14H13B70BrN2O. The van der Waals surface area contributed by atoms with Gasteiger partial charge in [0.1, 0.15) is 5.75 Å². The molecule has 88 heavy (non-hydrogen) atoms. The second-order valence-corrected chi connectivity index (χ2v) is 24.9. The molecule has 0 aliphatic carbocycles. The molecule has 72 radical (unpaired) electrons. The van der Waals surface area contributed by atoms with Crippen LogP contribution >= 0.6 is 15.9 Å². The lowest BCUT2D eigenvalue weighted by Crippen LogP contribution is -2.98. The lowest BCUT2D eigenvalue weighted by Gasteiger charge is -2.60. The molecule has 302 valence electrons. The normalized spacial score (nSPS) is 11.1. The molecule has 2 heterocycles. The van der Waals surface area contributed by atoms with Crippen molar-refractivity contribution in [1.82, 2.24) is 9.55 Å². The Balaban J connectivity index is 0.00000122. The van der Waals surface area contributed by atoms with Crippen molar-refractivity contribution in [2.24, 2.45) is 7.05 Å². The van der Waals surface area contributed by atoms with Gasteiger partial charge in [-0.1, -0.05) is 15.9 Å². The van der Waals surface area contributed by atoms with Crippen LogP contribution in [0.25, 0.3) is 11.6 Å². The van der Waals surface area contributed by atoms with E-state index in [2.05, 4.69) is 33.1 Å². The van der Waals surface area contributed by atoms with E-state index in [0.717, 1.165) is 34.5 Å². The van der Waals surface area contributed by atoms with Gasteiger partial charge in [-0.3, -0.25) is 0 Å². The summed E-state index contributed by atoms with van der Waals surface area (Å²) in [5, 5.41) is 0. The van der Waals surface area contributed by atoms with Gasteiger partial charge in [0, 0.05) is 525 Å². The molecule has 0 unspecified atom stereocenters. The minimum Gasteiger partial charge on any atom is -0.493 e. The van der Waals surface area contributed by atoms with Crippen LogP contribution in [-0.4, -0.2) is 512 Å². The van der Waals surface area contributed by atoms with Gasteiger partial charge in [0.2, 0.25) is 0 Å². The first-order valence-electron chi connectivity index (χ1n) is 28.8. The fourth-order valence-corrected chi connectivity index (χ4v) is 14.8. The predicted octanol–water partition coefficient (Wildman–Crippen LogP) is -23.2. The van der Waals surface area contributed by atoms with E-state index in [4.69, 9.17) is 283 Å². The smallest absolute Gasteiger partial charge is 0.126 e. The average Bonchev–Trinajstić information content (AvgIpc) is 3.76. The van der Waals surface area contributed by atoms with Gasteiger partial charge in [0.25, 0.3) is 0 Å². The summed E-state index contributed by atoms with van der Waals surface area (Å²) in [7, 11) is 244. The van der Waals surface area contributed by atoms with Crippen molar-refractivity contribution in [2.75, 3.05) is 6.61 Å². The van der Waals surface area contributed by atoms with Gasteiger partial charge in [-0.05, 0) is 29.8 Å². The molecule has 0 N–H and O–H groups in total. The summed E-state index contributed by atoms with van der Waals surface area (Å²) >= 11 is 3.50. The van der Waals surface area contributed by atoms with E-state index in [1.165, 1.54) is 5.57 Å². The molecule has 3 nitrogen and oxygen atoms in total. The summed E-state index contributed by atoms with van der Waals surface area (Å²) in [5.41, 5.74) is 3.41. The van der Waals surface area contributed by atoms with Crippen LogP contribution in [0.3, 0.4) is 0 Å². The number of aryl methyl sites for hydroxylation is 1. The molecule has 1 aliphatic rings. The number of fused-ring (bicyclic) bond motifs is 1. The Kier molecular flexibility index (Phi) is 39.9. The number of nitrogens with zero attached hydrogens (tertiary/aromatic N) is 2. The Morgan fingerprint density at radius 2 is 0.568 bits per heavy atom. The Morgan fingerprint density at radius 1 is 0.352 bits per heavy atom. The van der Waals surface area contributed by atoms with E-state index in [9.17, 15) is 0 Å². The minimum atomic E-state index is -1.72. The van der Waals surface area contributed by atoms with Crippen molar-refractivity contribution >= 4 is 523 Å². The molecule has 0 fully saturated rings. The molecule has 1 aliphatic heterocycles. The second kappa shape index (κ2) is 40.3. The molecule has 0 spiro atoms. The van der Waals surface area contributed by atoms with E-state index in [1.54, 1.807) is 0 Å². The minimum absolute atomic E-state index is 0.729. The Hall–Kier alpha value is 3.00. The Morgan fingerprint density at radius 3 is 0.773 bits per heavy atom. The Labute approximate surface area is 604 Å². The predicted molar refractivity (Wildman–Crippen MR) is 478 cm³/mol. The highest BCUT2D eigenvalue weighted by molar-refractivity contribution is 9.10. The first kappa shape index (κ1) is 87.1. The number of rotatable bonds is 34. The van der Waals surface area contributed by atoms with Crippen LogP contribution in [0.4, 0.5) is 0 Å². The van der Waals surface area contributed by atoms with Gasteiger partial charge in [0.05, 0.1) is 18.6 Å². The SMILES string of the molecule is Cn1cnc(/C=C2\CCOc3ccc(Br)cc32)c1.[B]B([B])B(B([B])[B])B(B(B([B])[B])B([B])[B])B(B(B([B])[B])B([B])[B])B(B(B(B([B])[B])B([B])[B])B(B([B])[B])B([B])[B])B(B(B(B([B])[B])B([B])[B])B(B([B])[B])B([B])[B])B(B(B([B])[B])B([B])[B])B(B([B])[B])B([B])[B]. The van der Waals surface area contributed by atoms with Crippen LogP contribution < -0.4 is 4.74 Å². The van der Waals surface area contributed by atoms with E-state index < -0.39 is 217 Å². The highest BCUT2D eigenvalue weighted by Crippen LogP contribution is 2.36. The van der Waals surface area contributed by atoms with Crippen molar-refractivity contribution in [2.45, 2.75) is 6.42 Å². The van der Waals surface area contributed by atoms with Crippen LogP contribution in [-0.2, 0) is 7.05 Å². The number of aromatic nitrogens is 2. The number of halogens is 1. The van der Waals surface area contributed by atoms with E-state index >= 15 is 0 Å². The number of imidazole rings is 1. The van der Waals surface area contributed by atoms with Crippen molar-refractivity contribution < 1.29 is 4.74 Å². The summed E-state index contributed by atoms with van der Waals surface area (Å²) < 4.78 is 8.68. The molecule has 0 atom stereocenters. The molecule has 0 saturated carbocycles. The number of benzene rings is 1. The molecular weight excluding hydrogens is 1050 g/mol. The molecule has 0 amide bonds. The lowest BCUT2D eigenvalue weighted by atomic mass is 8.21. The summed E-state index contributed by atoms with van der Waals surface area (Å²) in [4.78, 5) is 4.34. The van der Waals surface area contributed by atoms with Crippen molar-refractivity contribution in [3.05, 3.63) is 46.5 Å². The summed E-state index contributed by atoms with van der Waals surface area (Å²) in [6.07, 6.45) is -46.1. The molecule has 1 aromatic heterocycles.